The molecule has 4 nitrogen and oxygen atoms in total. The van der Waals surface area contributed by atoms with E-state index in [1.807, 2.05) is 0 Å². The van der Waals surface area contributed by atoms with Gasteiger partial charge in [-0.3, -0.25) is 4.79 Å². The van der Waals surface area contributed by atoms with Crippen LogP contribution in [-0.4, -0.2) is 25.0 Å². The van der Waals surface area contributed by atoms with Crippen LogP contribution in [0.3, 0.4) is 0 Å². The third-order valence-corrected chi connectivity index (χ3v) is 2.90. The molecule has 0 radical (unpaired) electrons. The second kappa shape index (κ2) is 3.20. The van der Waals surface area contributed by atoms with Crippen LogP contribution in [-0.2, 0) is 16.9 Å². The Kier molecular flexibility index (Phi) is 2.49. The van der Waals surface area contributed by atoms with Crippen molar-refractivity contribution in [2.45, 2.75) is 11.8 Å². The van der Waals surface area contributed by atoms with Crippen LogP contribution in [0.1, 0.15) is 17.4 Å². The number of sulfone groups is 1. The predicted molar refractivity (Wildman–Crippen MR) is 48.5 cm³/mol. The van der Waals surface area contributed by atoms with Crippen molar-refractivity contribution in [1.82, 2.24) is 4.57 Å². The third kappa shape index (κ3) is 1.70. The topological polar surface area (TPSA) is 56.1 Å². The lowest BCUT2D eigenvalue weighted by molar-refractivity contribution is 0.100. The SMILES string of the molecule is CC(=O)c1c(F)c(S(C)(=O)=O)cn1C. The standard InChI is InChI=1S/C8H10FNO3S/c1-5(11)8-7(9)6(4-10(8)2)14(3,12)13/h4H,1-3H3. The molecule has 1 heterocycles. The highest BCUT2D eigenvalue weighted by molar-refractivity contribution is 7.90. The number of carbonyl (C=O) groups is 1. The molecule has 0 spiro atoms. The van der Waals surface area contributed by atoms with Gasteiger partial charge in [-0.05, 0) is 0 Å². The highest BCUT2D eigenvalue weighted by Gasteiger charge is 2.23. The molecular weight excluding hydrogens is 209 g/mol. The predicted octanol–water partition coefficient (Wildman–Crippen LogP) is 0.770. The van der Waals surface area contributed by atoms with Gasteiger partial charge in [-0.2, -0.15) is 0 Å². The Balaban J connectivity index is 3.55. The first-order chi connectivity index (χ1) is 6.25. The maximum atomic E-state index is 13.4. The van der Waals surface area contributed by atoms with Crippen LogP contribution >= 0.6 is 0 Å². The van der Waals surface area contributed by atoms with Crippen LogP contribution in [0.4, 0.5) is 4.39 Å². The normalized spacial score (nSPS) is 11.7. The molecule has 0 saturated carbocycles. The number of aromatic nitrogens is 1. The first-order valence-corrected chi connectivity index (χ1v) is 5.70. The van der Waals surface area contributed by atoms with Gasteiger partial charge in [0.2, 0.25) is 0 Å². The number of nitrogens with zero attached hydrogens (tertiary/aromatic N) is 1. The number of rotatable bonds is 2. The van der Waals surface area contributed by atoms with Gasteiger partial charge in [0, 0.05) is 26.4 Å². The van der Waals surface area contributed by atoms with Gasteiger partial charge < -0.3 is 4.57 Å². The van der Waals surface area contributed by atoms with Crippen molar-refractivity contribution < 1.29 is 17.6 Å². The Bertz CT molecular complexity index is 487. The van der Waals surface area contributed by atoms with E-state index in [4.69, 9.17) is 0 Å². The summed E-state index contributed by atoms with van der Waals surface area (Å²) in [6.45, 7) is 1.18. The monoisotopic (exact) mass is 219 g/mol. The first-order valence-electron chi connectivity index (χ1n) is 3.81. The molecule has 0 amide bonds. The van der Waals surface area contributed by atoms with Crippen molar-refractivity contribution in [3.05, 3.63) is 17.7 Å². The molecule has 0 aliphatic carbocycles. The lowest BCUT2D eigenvalue weighted by Gasteiger charge is -1.95. The molecule has 1 aromatic heterocycles. The largest absolute Gasteiger partial charge is 0.344 e. The van der Waals surface area contributed by atoms with E-state index < -0.39 is 26.3 Å². The maximum Gasteiger partial charge on any atom is 0.179 e. The average Bonchev–Trinajstić information content (AvgIpc) is 2.24. The third-order valence-electron chi connectivity index (χ3n) is 1.82. The van der Waals surface area contributed by atoms with Crippen molar-refractivity contribution >= 4 is 15.6 Å². The van der Waals surface area contributed by atoms with E-state index >= 15 is 0 Å². The minimum Gasteiger partial charge on any atom is -0.344 e. The van der Waals surface area contributed by atoms with Gasteiger partial charge in [-0.25, -0.2) is 12.8 Å². The summed E-state index contributed by atoms with van der Waals surface area (Å²) in [5.74, 6) is -1.47. The van der Waals surface area contributed by atoms with E-state index in [9.17, 15) is 17.6 Å². The Labute approximate surface area is 81.3 Å². The van der Waals surface area contributed by atoms with Crippen molar-refractivity contribution in [2.75, 3.05) is 6.26 Å². The Morgan fingerprint density at radius 2 is 2.00 bits per heavy atom. The number of hydrogen-bond acceptors (Lipinski definition) is 3. The summed E-state index contributed by atoms with van der Waals surface area (Å²) in [4.78, 5) is 10.5. The Hall–Kier alpha value is -1.17. The summed E-state index contributed by atoms with van der Waals surface area (Å²) in [6.07, 6.45) is 2.00. The molecule has 0 aromatic carbocycles. The highest BCUT2D eigenvalue weighted by Crippen LogP contribution is 2.19. The zero-order valence-corrected chi connectivity index (χ0v) is 8.85. The molecule has 0 unspecified atom stereocenters. The van der Waals surface area contributed by atoms with Gasteiger partial charge >= 0.3 is 0 Å². The van der Waals surface area contributed by atoms with E-state index in [1.54, 1.807) is 0 Å². The number of ketones is 1. The minimum atomic E-state index is -3.62. The number of Topliss-reactive ketones (excluding diaryl/α,β-unsaturated/α-hetero) is 1. The van der Waals surface area contributed by atoms with E-state index in [-0.39, 0.29) is 5.69 Å². The number of carbonyl (C=O) groups excluding carboxylic acids is 1. The van der Waals surface area contributed by atoms with Crippen LogP contribution in [0.5, 0.6) is 0 Å². The Morgan fingerprint density at radius 1 is 1.50 bits per heavy atom. The summed E-state index contributed by atoms with van der Waals surface area (Å²) in [5, 5.41) is 0. The molecule has 0 saturated heterocycles. The lowest BCUT2D eigenvalue weighted by Crippen LogP contribution is -2.03. The summed E-state index contributed by atoms with van der Waals surface area (Å²) >= 11 is 0. The quantitative estimate of drug-likeness (QED) is 0.690. The number of hydrogen-bond donors (Lipinski definition) is 0. The van der Waals surface area contributed by atoms with Crippen LogP contribution < -0.4 is 0 Å². The van der Waals surface area contributed by atoms with Crippen molar-refractivity contribution in [3.8, 4) is 0 Å². The molecule has 14 heavy (non-hydrogen) atoms. The van der Waals surface area contributed by atoms with Crippen molar-refractivity contribution in [1.29, 1.82) is 0 Å². The van der Waals surface area contributed by atoms with Gasteiger partial charge in [0.25, 0.3) is 0 Å². The molecule has 1 rings (SSSR count). The van der Waals surface area contributed by atoms with Crippen molar-refractivity contribution in [3.63, 3.8) is 0 Å². The van der Waals surface area contributed by atoms with Gasteiger partial charge in [0.1, 0.15) is 10.6 Å². The second-order valence-corrected chi connectivity index (χ2v) is 5.08. The van der Waals surface area contributed by atoms with E-state index in [1.165, 1.54) is 18.5 Å². The minimum absolute atomic E-state index is 0.217. The van der Waals surface area contributed by atoms with Crippen molar-refractivity contribution in [2.24, 2.45) is 7.05 Å². The number of halogens is 1. The second-order valence-electron chi connectivity index (χ2n) is 3.10. The Morgan fingerprint density at radius 3 is 2.21 bits per heavy atom. The molecule has 6 heteroatoms. The zero-order chi connectivity index (χ0) is 11.1. The summed E-state index contributed by atoms with van der Waals surface area (Å²) < 4.78 is 36.7. The molecule has 0 aliphatic heterocycles. The zero-order valence-electron chi connectivity index (χ0n) is 8.04. The summed E-state index contributed by atoms with van der Waals surface area (Å²) in [6, 6.07) is 0. The summed E-state index contributed by atoms with van der Waals surface area (Å²) in [7, 11) is -2.19. The molecule has 0 N–H and O–H groups in total. The van der Waals surface area contributed by atoms with Crippen LogP contribution in [0.2, 0.25) is 0 Å². The molecule has 0 bridgehead atoms. The van der Waals surface area contributed by atoms with Gasteiger partial charge in [-0.1, -0.05) is 0 Å². The smallest absolute Gasteiger partial charge is 0.179 e. The van der Waals surface area contributed by atoms with Gasteiger partial charge in [-0.15, -0.1) is 0 Å². The lowest BCUT2D eigenvalue weighted by atomic mass is 10.3. The first kappa shape index (κ1) is 10.9. The highest BCUT2D eigenvalue weighted by atomic mass is 32.2. The van der Waals surface area contributed by atoms with E-state index in [0.29, 0.717) is 0 Å². The maximum absolute atomic E-state index is 13.4. The van der Waals surface area contributed by atoms with E-state index in [2.05, 4.69) is 0 Å². The summed E-state index contributed by atoms with van der Waals surface area (Å²) in [5.41, 5.74) is -0.217. The molecular formula is C8H10FNO3S. The number of aryl methyl sites for hydroxylation is 1. The fourth-order valence-electron chi connectivity index (χ4n) is 1.23. The van der Waals surface area contributed by atoms with Gasteiger partial charge in [0.05, 0.1) is 0 Å². The van der Waals surface area contributed by atoms with Crippen LogP contribution in [0.25, 0.3) is 0 Å². The van der Waals surface area contributed by atoms with Crippen LogP contribution in [0.15, 0.2) is 11.1 Å². The molecule has 0 atom stereocenters. The van der Waals surface area contributed by atoms with Crippen LogP contribution in [0, 0.1) is 5.82 Å². The fourth-order valence-corrected chi connectivity index (χ4v) is 2.00. The van der Waals surface area contributed by atoms with Gasteiger partial charge in [0.15, 0.2) is 21.4 Å². The molecule has 78 valence electrons. The molecule has 0 fully saturated rings. The van der Waals surface area contributed by atoms with E-state index in [0.717, 1.165) is 12.5 Å². The molecule has 1 aromatic rings. The fraction of sp³-hybridized carbons (Fsp3) is 0.375. The molecule has 0 aliphatic rings. The average molecular weight is 219 g/mol.